The highest BCUT2D eigenvalue weighted by molar-refractivity contribution is 5.92. The molecule has 2 aromatic carbocycles. The third-order valence-corrected chi connectivity index (χ3v) is 4.47. The number of esters is 1. The van der Waals surface area contributed by atoms with Crippen LogP contribution in [-0.4, -0.2) is 48.8 Å². The average molecular weight is 384 g/mol. The van der Waals surface area contributed by atoms with Crippen molar-refractivity contribution < 1.29 is 19.4 Å². The second kappa shape index (κ2) is 11.1. The number of aliphatic hydroxyl groups excluding tert-OH is 1. The minimum atomic E-state index is -0.284. The quantitative estimate of drug-likeness (QED) is 0.674. The van der Waals surface area contributed by atoms with Crippen LogP contribution in [0.5, 0.6) is 0 Å². The number of hydrogen-bond donors (Lipinski definition) is 1. The SMILES string of the molecule is CCC(=O)OCc1ccccc1N(C)C(=O)N(CCO)CCc1ccccc1. The first-order valence-corrected chi connectivity index (χ1v) is 9.47. The molecule has 2 rings (SSSR count). The Labute approximate surface area is 166 Å². The summed E-state index contributed by atoms with van der Waals surface area (Å²) in [4.78, 5) is 27.7. The summed E-state index contributed by atoms with van der Waals surface area (Å²) in [7, 11) is 1.69. The van der Waals surface area contributed by atoms with E-state index in [0.717, 1.165) is 11.1 Å². The largest absolute Gasteiger partial charge is 0.461 e. The summed E-state index contributed by atoms with van der Waals surface area (Å²) in [5.74, 6) is -0.284. The van der Waals surface area contributed by atoms with Gasteiger partial charge in [0.2, 0.25) is 0 Å². The molecule has 0 radical (unpaired) electrons. The summed E-state index contributed by atoms with van der Waals surface area (Å²) < 4.78 is 5.23. The number of ether oxygens (including phenoxy) is 1. The Balaban J connectivity index is 2.10. The number of hydrogen-bond acceptors (Lipinski definition) is 4. The molecule has 2 amide bonds. The summed E-state index contributed by atoms with van der Waals surface area (Å²) in [5.41, 5.74) is 2.57. The number of benzene rings is 2. The van der Waals surface area contributed by atoms with E-state index >= 15 is 0 Å². The molecule has 0 unspecified atom stereocenters. The molecular formula is C22H28N2O4. The lowest BCUT2D eigenvalue weighted by atomic mass is 10.1. The summed E-state index contributed by atoms with van der Waals surface area (Å²) in [6, 6.07) is 17.0. The summed E-state index contributed by atoms with van der Waals surface area (Å²) >= 11 is 0. The first-order chi connectivity index (χ1) is 13.6. The van der Waals surface area contributed by atoms with Crippen LogP contribution in [0.2, 0.25) is 0 Å². The van der Waals surface area contributed by atoms with Crippen molar-refractivity contribution in [3.05, 3.63) is 65.7 Å². The fraction of sp³-hybridized carbons (Fsp3) is 0.364. The minimum Gasteiger partial charge on any atom is -0.461 e. The number of anilines is 1. The lowest BCUT2D eigenvalue weighted by molar-refractivity contribution is -0.144. The molecule has 0 saturated carbocycles. The second-order valence-corrected chi connectivity index (χ2v) is 6.43. The van der Waals surface area contributed by atoms with Gasteiger partial charge in [-0.15, -0.1) is 0 Å². The van der Waals surface area contributed by atoms with E-state index in [-0.39, 0.29) is 31.8 Å². The van der Waals surface area contributed by atoms with E-state index in [1.54, 1.807) is 18.9 Å². The number of urea groups is 1. The zero-order chi connectivity index (χ0) is 20.4. The van der Waals surface area contributed by atoms with Crippen LogP contribution in [0.4, 0.5) is 10.5 Å². The van der Waals surface area contributed by atoms with Crippen LogP contribution in [0.3, 0.4) is 0 Å². The number of amides is 2. The van der Waals surface area contributed by atoms with Crippen LogP contribution in [-0.2, 0) is 22.6 Å². The maximum atomic E-state index is 13.0. The minimum absolute atomic E-state index is 0.107. The monoisotopic (exact) mass is 384 g/mol. The zero-order valence-electron chi connectivity index (χ0n) is 16.5. The number of aliphatic hydroxyl groups is 1. The molecule has 1 N–H and O–H groups in total. The molecule has 0 aliphatic rings. The van der Waals surface area contributed by atoms with Crippen molar-refractivity contribution in [2.75, 3.05) is 31.6 Å². The third kappa shape index (κ3) is 6.09. The average Bonchev–Trinajstić information content (AvgIpc) is 2.74. The van der Waals surface area contributed by atoms with E-state index in [0.29, 0.717) is 25.1 Å². The van der Waals surface area contributed by atoms with Crippen LogP contribution < -0.4 is 4.90 Å². The fourth-order valence-corrected chi connectivity index (χ4v) is 2.87. The molecular weight excluding hydrogens is 356 g/mol. The van der Waals surface area contributed by atoms with Gasteiger partial charge in [-0.3, -0.25) is 9.69 Å². The molecule has 0 saturated heterocycles. The Morgan fingerprint density at radius 2 is 1.68 bits per heavy atom. The Bertz CT molecular complexity index is 764. The highest BCUT2D eigenvalue weighted by Crippen LogP contribution is 2.21. The first kappa shape index (κ1) is 21.4. The van der Waals surface area contributed by atoms with E-state index in [2.05, 4.69) is 0 Å². The highest BCUT2D eigenvalue weighted by atomic mass is 16.5. The van der Waals surface area contributed by atoms with Gasteiger partial charge < -0.3 is 14.7 Å². The maximum absolute atomic E-state index is 13.0. The maximum Gasteiger partial charge on any atom is 0.324 e. The third-order valence-electron chi connectivity index (χ3n) is 4.47. The molecule has 28 heavy (non-hydrogen) atoms. The van der Waals surface area contributed by atoms with Crippen molar-refractivity contribution in [2.24, 2.45) is 0 Å². The molecule has 0 bridgehead atoms. The number of rotatable bonds is 9. The molecule has 0 fully saturated rings. The normalized spacial score (nSPS) is 10.4. The van der Waals surface area contributed by atoms with Gasteiger partial charge in [-0.1, -0.05) is 55.5 Å². The van der Waals surface area contributed by atoms with Crippen molar-refractivity contribution in [3.8, 4) is 0 Å². The molecule has 0 atom stereocenters. The van der Waals surface area contributed by atoms with E-state index in [9.17, 15) is 14.7 Å². The van der Waals surface area contributed by atoms with Crippen molar-refractivity contribution in [1.82, 2.24) is 4.90 Å². The lowest BCUT2D eigenvalue weighted by Gasteiger charge is -2.29. The van der Waals surface area contributed by atoms with Gasteiger partial charge in [0.05, 0.1) is 12.3 Å². The van der Waals surface area contributed by atoms with Crippen LogP contribution >= 0.6 is 0 Å². The van der Waals surface area contributed by atoms with Gasteiger partial charge in [0.25, 0.3) is 0 Å². The van der Waals surface area contributed by atoms with Crippen molar-refractivity contribution in [2.45, 2.75) is 26.4 Å². The molecule has 0 heterocycles. The summed E-state index contributed by atoms with van der Waals surface area (Å²) in [6.07, 6.45) is 1.01. The van der Waals surface area contributed by atoms with E-state index in [1.807, 2.05) is 54.6 Å². The lowest BCUT2D eigenvalue weighted by Crippen LogP contribution is -2.44. The topological polar surface area (TPSA) is 70.1 Å². The number of carbonyl (C=O) groups excluding carboxylic acids is 2. The molecule has 6 nitrogen and oxygen atoms in total. The van der Waals surface area contributed by atoms with Gasteiger partial charge in [-0.25, -0.2) is 4.79 Å². The van der Waals surface area contributed by atoms with Crippen molar-refractivity contribution in [3.63, 3.8) is 0 Å². The van der Waals surface area contributed by atoms with Gasteiger partial charge in [-0.05, 0) is 18.1 Å². The molecule has 0 aromatic heterocycles. The van der Waals surface area contributed by atoms with Gasteiger partial charge in [0.1, 0.15) is 6.61 Å². The van der Waals surface area contributed by atoms with Gasteiger partial charge in [-0.2, -0.15) is 0 Å². The fourth-order valence-electron chi connectivity index (χ4n) is 2.87. The summed E-state index contributed by atoms with van der Waals surface area (Å²) in [5, 5.41) is 9.39. The van der Waals surface area contributed by atoms with Crippen LogP contribution in [0.1, 0.15) is 24.5 Å². The van der Waals surface area contributed by atoms with E-state index in [1.165, 1.54) is 4.90 Å². The Hall–Kier alpha value is -2.86. The number of carbonyl (C=O) groups is 2. The first-order valence-electron chi connectivity index (χ1n) is 9.47. The number of nitrogens with zero attached hydrogens (tertiary/aromatic N) is 2. The molecule has 2 aromatic rings. The Morgan fingerprint density at radius 1 is 1.00 bits per heavy atom. The standard InChI is InChI=1S/C22H28N2O4/c1-3-21(26)28-17-19-11-7-8-12-20(19)23(2)22(27)24(15-16-25)14-13-18-9-5-4-6-10-18/h4-12,25H,3,13-17H2,1-2H3. The molecule has 0 aliphatic carbocycles. The van der Waals surface area contributed by atoms with E-state index < -0.39 is 0 Å². The van der Waals surface area contributed by atoms with Crippen LogP contribution in [0.15, 0.2) is 54.6 Å². The summed E-state index contributed by atoms with van der Waals surface area (Å²) in [6.45, 7) is 2.50. The Kier molecular flexibility index (Phi) is 8.49. The van der Waals surface area contributed by atoms with Crippen LogP contribution in [0.25, 0.3) is 0 Å². The van der Waals surface area contributed by atoms with Gasteiger partial charge >= 0.3 is 12.0 Å². The van der Waals surface area contributed by atoms with Crippen LogP contribution in [0, 0.1) is 0 Å². The smallest absolute Gasteiger partial charge is 0.324 e. The molecule has 0 aliphatic heterocycles. The second-order valence-electron chi connectivity index (χ2n) is 6.43. The molecule has 150 valence electrons. The highest BCUT2D eigenvalue weighted by Gasteiger charge is 2.21. The molecule has 6 heteroatoms. The Morgan fingerprint density at radius 3 is 2.36 bits per heavy atom. The van der Waals surface area contributed by atoms with Gasteiger partial charge in [0, 0.05) is 32.1 Å². The van der Waals surface area contributed by atoms with Gasteiger partial charge in [0.15, 0.2) is 0 Å². The predicted molar refractivity (Wildman–Crippen MR) is 109 cm³/mol. The zero-order valence-corrected chi connectivity index (χ0v) is 16.5. The number of para-hydroxylation sites is 1. The van der Waals surface area contributed by atoms with Crippen molar-refractivity contribution >= 4 is 17.7 Å². The molecule has 0 spiro atoms. The predicted octanol–water partition coefficient (Wildman–Crippen LogP) is 3.23. The van der Waals surface area contributed by atoms with E-state index in [4.69, 9.17) is 4.74 Å². The van der Waals surface area contributed by atoms with Crippen molar-refractivity contribution in [1.29, 1.82) is 0 Å².